The monoisotopic (exact) mass is 348 g/mol. The molecule has 0 radical (unpaired) electrons. The third kappa shape index (κ3) is 2.15. The number of rotatable bonds is 2. The molecule has 1 unspecified atom stereocenters. The molecule has 0 fully saturated rings. The highest BCUT2D eigenvalue weighted by atomic mass is 79.9. The van der Waals surface area contributed by atoms with E-state index < -0.39 is 0 Å². The highest BCUT2D eigenvalue weighted by Gasteiger charge is 2.17. The molecule has 0 aliphatic carbocycles. The smallest absolute Gasteiger partial charge is 0.132 e. The number of imidazole rings is 1. The minimum Gasteiger partial charge on any atom is -0.295 e. The molecular weight excluding hydrogens is 336 g/mol. The third-order valence-corrected chi connectivity index (χ3v) is 4.48. The van der Waals surface area contributed by atoms with Crippen molar-refractivity contribution < 1.29 is 0 Å². The van der Waals surface area contributed by atoms with Gasteiger partial charge < -0.3 is 0 Å². The van der Waals surface area contributed by atoms with E-state index in [2.05, 4.69) is 44.5 Å². The van der Waals surface area contributed by atoms with E-state index >= 15 is 0 Å². The summed E-state index contributed by atoms with van der Waals surface area (Å²) < 4.78 is 3.23. The molecule has 0 bridgehead atoms. The van der Waals surface area contributed by atoms with Gasteiger partial charge in [0.25, 0.3) is 0 Å². The maximum Gasteiger partial charge on any atom is 0.132 e. The summed E-state index contributed by atoms with van der Waals surface area (Å²) in [6, 6.07) is 14.3. The number of halogens is 2. The van der Waals surface area contributed by atoms with Crippen molar-refractivity contribution in [2.24, 2.45) is 0 Å². The largest absolute Gasteiger partial charge is 0.295 e. The predicted octanol–water partition coefficient (Wildman–Crippen LogP) is 5.40. The Kier molecular flexibility index (Phi) is 3.57. The van der Waals surface area contributed by atoms with Crippen LogP contribution in [0.3, 0.4) is 0 Å². The SMILES string of the molecule is Cc1c(Br)cccc1-n1c(C(C)Cl)nc2ccccc21. The molecule has 0 N–H and O–H groups in total. The van der Waals surface area contributed by atoms with Crippen LogP contribution < -0.4 is 0 Å². The van der Waals surface area contributed by atoms with Crippen LogP contribution in [0.1, 0.15) is 23.7 Å². The van der Waals surface area contributed by atoms with E-state index in [-0.39, 0.29) is 5.38 Å². The van der Waals surface area contributed by atoms with E-state index in [0.717, 1.165) is 27.0 Å². The normalized spacial score (nSPS) is 12.8. The van der Waals surface area contributed by atoms with Crippen LogP contribution in [0.2, 0.25) is 0 Å². The molecule has 0 saturated heterocycles. The van der Waals surface area contributed by atoms with E-state index in [1.54, 1.807) is 0 Å². The molecule has 0 amide bonds. The van der Waals surface area contributed by atoms with Gasteiger partial charge in [-0.2, -0.15) is 0 Å². The van der Waals surface area contributed by atoms with Crippen molar-refractivity contribution in [2.45, 2.75) is 19.2 Å². The second kappa shape index (κ2) is 5.23. The average Bonchev–Trinajstić information content (AvgIpc) is 2.81. The van der Waals surface area contributed by atoms with Crippen LogP contribution in [0.5, 0.6) is 0 Å². The Hall–Kier alpha value is -1.32. The van der Waals surface area contributed by atoms with Gasteiger partial charge in [-0.15, -0.1) is 11.6 Å². The standard InChI is InChI=1S/C16H14BrClN2/c1-10-12(17)6-5-9-14(10)20-15-8-4-3-7-13(15)19-16(20)11(2)18/h3-9,11H,1-2H3. The van der Waals surface area contributed by atoms with Gasteiger partial charge in [-0.25, -0.2) is 4.98 Å². The van der Waals surface area contributed by atoms with Gasteiger partial charge in [-0.1, -0.05) is 34.1 Å². The molecule has 1 atom stereocenters. The van der Waals surface area contributed by atoms with Gasteiger partial charge in [-0.05, 0) is 43.7 Å². The first-order valence-electron chi connectivity index (χ1n) is 6.46. The fraction of sp³-hybridized carbons (Fsp3) is 0.188. The van der Waals surface area contributed by atoms with Gasteiger partial charge in [0.1, 0.15) is 5.82 Å². The lowest BCUT2D eigenvalue weighted by atomic mass is 10.2. The quantitative estimate of drug-likeness (QED) is 0.567. The molecular formula is C16H14BrClN2. The predicted molar refractivity (Wildman–Crippen MR) is 87.8 cm³/mol. The summed E-state index contributed by atoms with van der Waals surface area (Å²) >= 11 is 9.92. The van der Waals surface area contributed by atoms with Crippen molar-refractivity contribution in [3.05, 3.63) is 58.3 Å². The number of nitrogens with zero attached hydrogens (tertiary/aromatic N) is 2. The Morgan fingerprint density at radius 3 is 2.65 bits per heavy atom. The Balaban J connectivity index is 2.39. The molecule has 0 saturated carbocycles. The van der Waals surface area contributed by atoms with Crippen LogP contribution in [-0.2, 0) is 0 Å². The second-order valence-corrected chi connectivity index (χ2v) is 6.30. The van der Waals surface area contributed by atoms with E-state index in [1.165, 1.54) is 5.56 Å². The number of hydrogen-bond donors (Lipinski definition) is 0. The summed E-state index contributed by atoms with van der Waals surface area (Å²) in [5, 5.41) is -0.152. The maximum atomic E-state index is 6.33. The Bertz CT molecular complexity index is 777. The minimum absolute atomic E-state index is 0.152. The van der Waals surface area contributed by atoms with Crippen molar-refractivity contribution in [1.29, 1.82) is 0 Å². The lowest BCUT2D eigenvalue weighted by Crippen LogP contribution is -2.04. The third-order valence-electron chi connectivity index (χ3n) is 3.42. The van der Waals surface area contributed by atoms with Crippen LogP contribution in [0.4, 0.5) is 0 Å². The van der Waals surface area contributed by atoms with E-state index in [1.807, 2.05) is 37.3 Å². The van der Waals surface area contributed by atoms with E-state index in [4.69, 9.17) is 11.6 Å². The zero-order valence-electron chi connectivity index (χ0n) is 11.3. The minimum atomic E-state index is -0.152. The topological polar surface area (TPSA) is 17.8 Å². The molecule has 3 aromatic rings. The van der Waals surface area contributed by atoms with Crippen LogP contribution >= 0.6 is 27.5 Å². The molecule has 2 aromatic carbocycles. The molecule has 2 nitrogen and oxygen atoms in total. The molecule has 1 heterocycles. The summed E-state index contributed by atoms with van der Waals surface area (Å²) in [6.07, 6.45) is 0. The van der Waals surface area contributed by atoms with Gasteiger partial charge in [0.05, 0.1) is 22.1 Å². The van der Waals surface area contributed by atoms with Crippen molar-refractivity contribution in [2.75, 3.05) is 0 Å². The Morgan fingerprint density at radius 1 is 1.15 bits per heavy atom. The lowest BCUT2D eigenvalue weighted by molar-refractivity contribution is 0.877. The summed E-state index contributed by atoms with van der Waals surface area (Å²) in [5.74, 6) is 0.870. The fourth-order valence-electron chi connectivity index (χ4n) is 2.40. The van der Waals surface area contributed by atoms with Gasteiger partial charge in [-0.3, -0.25) is 4.57 Å². The molecule has 20 heavy (non-hydrogen) atoms. The Labute approximate surface area is 131 Å². The molecule has 0 aliphatic rings. The zero-order valence-corrected chi connectivity index (χ0v) is 13.6. The van der Waals surface area contributed by atoms with Gasteiger partial charge >= 0.3 is 0 Å². The van der Waals surface area contributed by atoms with Gasteiger partial charge in [0, 0.05) is 4.47 Å². The molecule has 0 aliphatic heterocycles. The first-order valence-corrected chi connectivity index (χ1v) is 7.69. The average molecular weight is 350 g/mol. The first kappa shape index (κ1) is 13.7. The highest BCUT2D eigenvalue weighted by Crippen LogP contribution is 2.31. The van der Waals surface area contributed by atoms with Crippen molar-refractivity contribution >= 4 is 38.6 Å². The molecule has 3 rings (SSSR count). The molecule has 4 heteroatoms. The van der Waals surface area contributed by atoms with E-state index in [9.17, 15) is 0 Å². The van der Waals surface area contributed by atoms with Gasteiger partial charge in [0.15, 0.2) is 0 Å². The highest BCUT2D eigenvalue weighted by molar-refractivity contribution is 9.10. The summed E-state index contributed by atoms with van der Waals surface area (Å²) in [7, 11) is 0. The lowest BCUT2D eigenvalue weighted by Gasteiger charge is -2.14. The van der Waals surface area contributed by atoms with E-state index in [0.29, 0.717) is 0 Å². The molecule has 1 aromatic heterocycles. The van der Waals surface area contributed by atoms with Crippen molar-refractivity contribution in [3.63, 3.8) is 0 Å². The van der Waals surface area contributed by atoms with Crippen molar-refractivity contribution in [1.82, 2.24) is 9.55 Å². The zero-order chi connectivity index (χ0) is 14.3. The summed E-state index contributed by atoms with van der Waals surface area (Å²) in [6.45, 7) is 4.05. The number of alkyl halides is 1. The van der Waals surface area contributed by atoms with Crippen molar-refractivity contribution in [3.8, 4) is 5.69 Å². The number of hydrogen-bond acceptors (Lipinski definition) is 1. The first-order chi connectivity index (χ1) is 9.59. The maximum absolute atomic E-state index is 6.33. The van der Waals surface area contributed by atoms with Crippen LogP contribution in [0, 0.1) is 6.92 Å². The van der Waals surface area contributed by atoms with Crippen LogP contribution in [0.25, 0.3) is 16.7 Å². The number of fused-ring (bicyclic) bond motifs is 1. The number of aromatic nitrogens is 2. The number of para-hydroxylation sites is 2. The number of benzene rings is 2. The van der Waals surface area contributed by atoms with Crippen LogP contribution in [-0.4, -0.2) is 9.55 Å². The molecule has 0 spiro atoms. The summed E-state index contributed by atoms with van der Waals surface area (Å²) in [4.78, 5) is 4.68. The fourth-order valence-corrected chi connectivity index (χ4v) is 2.91. The summed E-state index contributed by atoms with van der Waals surface area (Å²) in [5.41, 5.74) is 4.33. The van der Waals surface area contributed by atoms with Gasteiger partial charge in [0.2, 0.25) is 0 Å². The Morgan fingerprint density at radius 2 is 1.90 bits per heavy atom. The second-order valence-electron chi connectivity index (χ2n) is 4.79. The van der Waals surface area contributed by atoms with Crippen LogP contribution in [0.15, 0.2) is 46.9 Å². The molecule has 102 valence electrons.